The Morgan fingerprint density at radius 1 is 0.962 bits per heavy atom. The van der Waals surface area contributed by atoms with E-state index in [0.29, 0.717) is 23.6 Å². The summed E-state index contributed by atoms with van der Waals surface area (Å²) in [6.45, 7) is 1.47. The van der Waals surface area contributed by atoms with E-state index < -0.39 is 36.1 Å². The largest absolute Gasteiger partial charge is 0.497 e. The average molecular weight is 752 g/mol. The molecule has 52 heavy (non-hydrogen) atoms. The summed E-state index contributed by atoms with van der Waals surface area (Å²) in [5.41, 5.74) is -0.0192. The first-order chi connectivity index (χ1) is 25.0. The lowest BCUT2D eigenvalue weighted by atomic mass is 9.68. The third kappa shape index (κ3) is 5.65. The summed E-state index contributed by atoms with van der Waals surface area (Å²) in [5.74, 6) is -1.53. The predicted molar refractivity (Wildman–Crippen MR) is 187 cm³/mol. The van der Waals surface area contributed by atoms with Gasteiger partial charge in [0.25, 0.3) is 5.91 Å². The Morgan fingerprint density at radius 2 is 1.69 bits per heavy atom. The van der Waals surface area contributed by atoms with E-state index in [2.05, 4.69) is 10.3 Å². The van der Waals surface area contributed by atoms with Gasteiger partial charge in [-0.25, -0.2) is 0 Å². The maximum Gasteiger partial charge on any atom is 0.418 e. The molecule has 15 heteroatoms. The number of carbonyl (C=O) groups excluding carboxylic acids is 3. The topological polar surface area (TPSA) is 127 Å². The molecule has 3 heterocycles. The number of amides is 3. The molecule has 1 saturated heterocycles. The lowest BCUT2D eigenvalue weighted by molar-refractivity contribution is -0.137. The van der Waals surface area contributed by atoms with Crippen molar-refractivity contribution in [3.8, 4) is 17.2 Å². The molecular weight excluding hydrogens is 720 g/mol. The summed E-state index contributed by atoms with van der Waals surface area (Å²) < 4.78 is 57.4. The number of aromatic nitrogens is 1. The lowest BCUT2D eigenvalue weighted by Crippen LogP contribution is -2.42. The highest BCUT2D eigenvalue weighted by atomic mass is 32.2. The number of nitrogens with zero attached hydrogens (tertiary/aromatic N) is 1. The number of methoxy groups -OCH3 is 1. The maximum absolute atomic E-state index is 14.1. The summed E-state index contributed by atoms with van der Waals surface area (Å²) in [6.07, 6.45) is -3.93. The van der Waals surface area contributed by atoms with Gasteiger partial charge in [0, 0.05) is 16.0 Å². The van der Waals surface area contributed by atoms with Gasteiger partial charge >= 0.3 is 11.0 Å². The molecule has 4 aliphatic rings. The molecule has 2 bridgehead atoms. The summed E-state index contributed by atoms with van der Waals surface area (Å²) in [5, 5.41) is 3.00. The number of para-hydroxylation sites is 1. The number of aromatic amines is 1. The van der Waals surface area contributed by atoms with Crippen LogP contribution in [0.5, 0.6) is 17.2 Å². The number of rotatable bonds is 9. The first-order valence-corrected chi connectivity index (χ1v) is 18.4. The van der Waals surface area contributed by atoms with Crippen LogP contribution in [0.4, 0.5) is 24.5 Å². The SMILES string of the molecule is CCOc1cc([C@@H]2c3sc(=O)[nH]c3S[C@@H]3[C@@H]4C[C@@H]([C@@H]5C(=O)N(c6ccc(OC)cc6)C(=O)[C@@H]45)[C@H]23)ccc1OCC(=O)Nc1ccccc1C(F)(F)F. The second kappa shape index (κ2) is 13.0. The Labute approximate surface area is 303 Å². The number of H-pyrrole nitrogens is 1. The minimum atomic E-state index is -4.65. The molecule has 8 rings (SSSR count). The molecule has 3 aromatic carbocycles. The fraction of sp³-hybridized carbons (Fsp3) is 0.351. The van der Waals surface area contributed by atoms with Crippen LogP contribution in [0.2, 0.25) is 0 Å². The highest BCUT2D eigenvalue weighted by molar-refractivity contribution is 8.00. The number of hydrogen-bond donors (Lipinski definition) is 2. The number of thiazole rings is 1. The van der Waals surface area contributed by atoms with Gasteiger partial charge in [0.2, 0.25) is 11.8 Å². The first-order valence-electron chi connectivity index (χ1n) is 16.8. The third-order valence-electron chi connectivity index (χ3n) is 10.5. The number of halogens is 3. The van der Waals surface area contributed by atoms with Crippen molar-refractivity contribution >= 4 is 52.2 Å². The molecule has 2 saturated carbocycles. The van der Waals surface area contributed by atoms with Gasteiger partial charge in [-0.3, -0.25) is 24.1 Å². The van der Waals surface area contributed by atoms with Crippen molar-refractivity contribution in [2.75, 3.05) is 30.5 Å². The summed E-state index contributed by atoms with van der Waals surface area (Å²) in [4.78, 5) is 58.5. The van der Waals surface area contributed by atoms with Crippen molar-refractivity contribution in [1.29, 1.82) is 0 Å². The monoisotopic (exact) mass is 751 g/mol. The standard InChI is InChI=1S/C37H32F3N3O7S2/c1-3-49-25-14-17(8-13-24(25)50-16-26(44)41-23-7-5-4-6-22(23)37(38,39)40)27-28-20-15-21(31(28)51-33-32(27)52-36(47)42-33)30-29(20)34(45)43(35(30)46)18-9-11-19(48-2)12-10-18/h4-14,20-21,27-31H,3,15-16H2,1-2H3,(H,41,44)(H,42,47)/t20-,21-,27+,28-,29+,30+,31-/m1/s1. The van der Waals surface area contributed by atoms with Crippen LogP contribution in [0.3, 0.4) is 0 Å². The fourth-order valence-corrected chi connectivity index (χ4v) is 11.5. The van der Waals surface area contributed by atoms with Crippen molar-refractivity contribution in [1.82, 2.24) is 4.98 Å². The van der Waals surface area contributed by atoms with Gasteiger partial charge in [-0.2, -0.15) is 13.2 Å². The second-order valence-corrected chi connectivity index (χ2v) is 15.4. The number of ether oxygens (including phenoxy) is 3. The van der Waals surface area contributed by atoms with Crippen molar-refractivity contribution in [3.63, 3.8) is 0 Å². The quantitative estimate of drug-likeness (QED) is 0.184. The number of thioether (sulfide) groups is 1. The van der Waals surface area contributed by atoms with E-state index in [1.807, 2.05) is 6.07 Å². The second-order valence-electron chi connectivity index (χ2n) is 13.2. The van der Waals surface area contributed by atoms with Crippen LogP contribution in [-0.2, 0) is 20.6 Å². The first kappa shape index (κ1) is 34.3. The highest BCUT2D eigenvalue weighted by Crippen LogP contribution is 2.69. The average Bonchev–Trinajstić information content (AvgIpc) is 3.86. The summed E-state index contributed by atoms with van der Waals surface area (Å²) in [6, 6.07) is 16.9. The molecule has 4 aromatic rings. The lowest BCUT2D eigenvalue weighted by Gasteiger charge is -2.43. The molecule has 2 N–H and O–H groups in total. The number of nitrogens with one attached hydrogen (secondary N) is 2. The van der Waals surface area contributed by atoms with Gasteiger partial charge in [0.05, 0.1) is 47.5 Å². The van der Waals surface area contributed by atoms with Crippen molar-refractivity contribution in [3.05, 3.63) is 92.4 Å². The highest BCUT2D eigenvalue weighted by Gasteiger charge is 2.69. The zero-order chi connectivity index (χ0) is 36.5. The number of carbonyl (C=O) groups is 3. The van der Waals surface area contributed by atoms with Crippen molar-refractivity contribution < 1.29 is 41.8 Å². The van der Waals surface area contributed by atoms with Gasteiger partial charge in [-0.1, -0.05) is 29.5 Å². The number of benzene rings is 3. The number of anilines is 2. The van der Waals surface area contributed by atoms with Gasteiger partial charge < -0.3 is 24.5 Å². The normalized spacial score (nSPS) is 25.8. The molecule has 0 spiro atoms. The maximum atomic E-state index is 14.1. The van der Waals surface area contributed by atoms with Crippen LogP contribution >= 0.6 is 23.1 Å². The van der Waals surface area contributed by atoms with Gasteiger partial charge in [-0.05, 0) is 85.2 Å². The van der Waals surface area contributed by atoms with E-state index in [1.54, 1.807) is 62.2 Å². The number of fused-ring (bicyclic) bond motifs is 9. The van der Waals surface area contributed by atoms with E-state index in [9.17, 15) is 32.3 Å². The Bertz CT molecular complexity index is 2140. The molecule has 0 radical (unpaired) electrons. The Balaban J connectivity index is 1.08. The third-order valence-corrected chi connectivity index (χ3v) is 13.1. The number of alkyl halides is 3. The van der Waals surface area contributed by atoms with Crippen LogP contribution in [0.1, 0.15) is 35.3 Å². The van der Waals surface area contributed by atoms with E-state index in [4.69, 9.17) is 14.2 Å². The molecule has 1 aromatic heterocycles. The van der Waals surface area contributed by atoms with E-state index in [0.717, 1.165) is 32.9 Å². The predicted octanol–water partition coefficient (Wildman–Crippen LogP) is 6.56. The van der Waals surface area contributed by atoms with Gasteiger partial charge in [0.15, 0.2) is 18.1 Å². The minimum Gasteiger partial charge on any atom is -0.497 e. The fourth-order valence-electron chi connectivity index (χ4n) is 8.65. The smallest absolute Gasteiger partial charge is 0.418 e. The number of imide groups is 1. The molecule has 3 fully saturated rings. The molecule has 7 atom stereocenters. The van der Waals surface area contributed by atoms with Crippen LogP contribution in [0.15, 0.2) is 76.6 Å². The van der Waals surface area contributed by atoms with Crippen LogP contribution in [0, 0.1) is 29.6 Å². The molecule has 0 unspecified atom stereocenters. The molecule has 3 amide bonds. The molecule has 2 aliphatic heterocycles. The molecule has 10 nitrogen and oxygen atoms in total. The minimum absolute atomic E-state index is 0.0312. The van der Waals surface area contributed by atoms with Gasteiger partial charge in [0.1, 0.15) is 5.75 Å². The van der Waals surface area contributed by atoms with E-state index in [-0.39, 0.29) is 63.7 Å². The van der Waals surface area contributed by atoms with Crippen molar-refractivity contribution in [2.24, 2.45) is 29.6 Å². The summed E-state index contributed by atoms with van der Waals surface area (Å²) >= 11 is 2.71. The van der Waals surface area contributed by atoms with Crippen molar-refractivity contribution in [2.45, 2.75) is 35.7 Å². The summed E-state index contributed by atoms with van der Waals surface area (Å²) in [7, 11) is 1.55. The van der Waals surface area contributed by atoms with Crippen LogP contribution in [-0.4, -0.2) is 48.3 Å². The Morgan fingerprint density at radius 3 is 2.40 bits per heavy atom. The molecule has 270 valence electrons. The zero-order valence-corrected chi connectivity index (χ0v) is 29.4. The van der Waals surface area contributed by atoms with Gasteiger partial charge in [-0.15, -0.1) is 11.8 Å². The van der Waals surface area contributed by atoms with E-state index >= 15 is 0 Å². The van der Waals surface area contributed by atoms with Crippen LogP contribution in [0.25, 0.3) is 0 Å². The molecular formula is C37H32F3N3O7S2. The Hall–Kier alpha value is -4.76. The molecule has 2 aliphatic carbocycles. The number of hydrogen-bond acceptors (Lipinski definition) is 9. The Kier molecular flexibility index (Phi) is 8.60. The zero-order valence-electron chi connectivity index (χ0n) is 27.8. The van der Waals surface area contributed by atoms with Crippen LogP contribution < -0.4 is 29.3 Å². The van der Waals surface area contributed by atoms with E-state index in [1.165, 1.54) is 23.1 Å².